The van der Waals surface area contributed by atoms with E-state index in [4.69, 9.17) is 27.3 Å². The van der Waals surface area contributed by atoms with Crippen LogP contribution in [0.4, 0.5) is 5.69 Å². The number of hydrogen-bond acceptors (Lipinski definition) is 4. The molecular formula is C13H18ClN3O2. The van der Waals surface area contributed by atoms with Crippen LogP contribution in [0.1, 0.15) is 19.4 Å². The molecule has 0 saturated carbocycles. The SMILES string of the molecule is CC1(C)COCCN1c1ccc(Cl)cc1C(N)=NO. The molecule has 1 aliphatic rings. The standard InChI is InChI=1S/C13H18ClN3O2/c1-13(2)8-19-6-5-17(13)11-4-3-9(14)7-10(11)12(15)16-18/h3-4,7,18H,5-6,8H2,1-2H3,(H2,15,16). The van der Waals surface area contributed by atoms with E-state index in [1.54, 1.807) is 12.1 Å². The molecule has 1 aromatic carbocycles. The minimum atomic E-state index is -0.156. The summed E-state index contributed by atoms with van der Waals surface area (Å²) in [4.78, 5) is 2.19. The molecule has 104 valence electrons. The number of benzene rings is 1. The fraction of sp³-hybridized carbons (Fsp3) is 0.462. The summed E-state index contributed by atoms with van der Waals surface area (Å²) < 4.78 is 5.51. The fourth-order valence-electron chi connectivity index (χ4n) is 2.31. The maximum absolute atomic E-state index is 8.91. The normalized spacial score (nSPS) is 19.5. The van der Waals surface area contributed by atoms with Crippen LogP contribution in [0, 0.1) is 0 Å². The van der Waals surface area contributed by atoms with Gasteiger partial charge in [-0.2, -0.15) is 0 Å². The number of amidine groups is 1. The van der Waals surface area contributed by atoms with Gasteiger partial charge in [0.2, 0.25) is 0 Å². The predicted octanol–water partition coefficient (Wildman–Crippen LogP) is 2.05. The Morgan fingerprint density at radius 2 is 2.26 bits per heavy atom. The molecule has 0 spiro atoms. The van der Waals surface area contributed by atoms with Crippen molar-refractivity contribution in [3.05, 3.63) is 28.8 Å². The highest BCUT2D eigenvalue weighted by Crippen LogP contribution is 2.31. The summed E-state index contributed by atoms with van der Waals surface area (Å²) in [6.07, 6.45) is 0. The van der Waals surface area contributed by atoms with Gasteiger partial charge >= 0.3 is 0 Å². The van der Waals surface area contributed by atoms with Crippen molar-refractivity contribution in [2.75, 3.05) is 24.7 Å². The lowest BCUT2D eigenvalue weighted by Gasteiger charge is -2.44. The van der Waals surface area contributed by atoms with E-state index in [0.717, 1.165) is 12.2 Å². The first kappa shape index (κ1) is 14.0. The summed E-state index contributed by atoms with van der Waals surface area (Å²) in [6, 6.07) is 5.40. The van der Waals surface area contributed by atoms with Crippen molar-refractivity contribution in [3.63, 3.8) is 0 Å². The number of rotatable bonds is 2. The van der Waals surface area contributed by atoms with Crippen molar-refractivity contribution in [3.8, 4) is 0 Å². The summed E-state index contributed by atoms with van der Waals surface area (Å²) >= 11 is 5.99. The first-order valence-electron chi connectivity index (χ1n) is 6.08. The van der Waals surface area contributed by atoms with Gasteiger partial charge in [-0.1, -0.05) is 16.8 Å². The molecule has 6 heteroatoms. The van der Waals surface area contributed by atoms with Crippen molar-refractivity contribution in [2.24, 2.45) is 10.9 Å². The summed E-state index contributed by atoms with van der Waals surface area (Å²) in [6.45, 7) is 6.22. The van der Waals surface area contributed by atoms with E-state index in [1.807, 2.05) is 6.07 Å². The van der Waals surface area contributed by atoms with Gasteiger partial charge in [0, 0.05) is 22.8 Å². The van der Waals surface area contributed by atoms with Crippen LogP contribution in [0.5, 0.6) is 0 Å². The van der Waals surface area contributed by atoms with Crippen LogP contribution in [0.25, 0.3) is 0 Å². The largest absolute Gasteiger partial charge is 0.409 e. The summed E-state index contributed by atoms with van der Waals surface area (Å²) in [5, 5.41) is 12.5. The quantitative estimate of drug-likeness (QED) is 0.377. The molecule has 1 aliphatic heterocycles. The van der Waals surface area contributed by atoms with Gasteiger partial charge in [0.1, 0.15) is 0 Å². The Morgan fingerprint density at radius 1 is 1.53 bits per heavy atom. The van der Waals surface area contributed by atoms with Gasteiger partial charge in [-0.15, -0.1) is 0 Å². The van der Waals surface area contributed by atoms with E-state index in [9.17, 15) is 0 Å². The highest BCUT2D eigenvalue weighted by Gasteiger charge is 2.32. The van der Waals surface area contributed by atoms with Gasteiger partial charge in [-0.25, -0.2) is 0 Å². The summed E-state index contributed by atoms with van der Waals surface area (Å²) in [5.41, 5.74) is 7.11. The molecule has 1 fully saturated rings. The van der Waals surface area contributed by atoms with E-state index < -0.39 is 0 Å². The van der Waals surface area contributed by atoms with Crippen molar-refractivity contribution < 1.29 is 9.94 Å². The zero-order valence-corrected chi connectivity index (χ0v) is 11.8. The number of ether oxygens (including phenoxy) is 1. The predicted molar refractivity (Wildman–Crippen MR) is 76.2 cm³/mol. The van der Waals surface area contributed by atoms with Gasteiger partial charge in [-0.3, -0.25) is 0 Å². The maximum atomic E-state index is 8.91. The average molecular weight is 284 g/mol. The van der Waals surface area contributed by atoms with Crippen molar-refractivity contribution >= 4 is 23.1 Å². The summed E-state index contributed by atoms with van der Waals surface area (Å²) in [7, 11) is 0. The lowest BCUT2D eigenvalue weighted by molar-refractivity contribution is 0.0644. The van der Waals surface area contributed by atoms with Crippen molar-refractivity contribution in [2.45, 2.75) is 19.4 Å². The number of halogens is 1. The van der Waals surface area contributed by atoms with Gasteiger partial charge in [-0.05, 0) is 32.0 Å². The lowest BCUT2D eigenvalue weighted by atomic mass is 9.99. The topological polar surface area (TPSA) is 71.1 Å². The van der Waals surface area contributed by atoms with E-state index in [2.05, 4.69) is 23.9 Å². The second-order valence-corrected chi connectivity index (χ2v) is 5.60. The number of hydrogen-bond donors (Lipinski definition) is 2. The second-order valence-electron chi connectivity index (χ2n) is 5.16. The number of anilines is 1. The summed E-state index contributed by atoms with van der Waals surface area (Å²) in [5.74, 6) is 0.0554. The molecule has 19 heavy (non-hydrogen) atoms. The van der Waals surface area contributed by atoms with Gasteiger partial charge < -0.3 is 20.6 Å². The Labute approximate surface area is 117 Å². The van der Waals surface area contributed by atoms with Crippen LogP contribution in [0.15, 0.2) is 23.4 Å². The molecule has 1 heterocycles. The molecule has 0 amide bonds. The Morgan fingerprint density at radius 3 is 2.89 bits per heavy atom. The highest BCUT2D eigenvalue weighted by molar-refractivity contribution is 6.31. The Bertz CT molecular complexity index is 503. The number of nitrogens with two attached hydrogens (primary N) is 1. The third kappa shape index (κ3) is 2.77. The minimum Gasteiger partial charge on any atom is -0.409 e. The molecular weight excluding hydrogens is 266 g/mol. The van der Waals surface area contributed by atoms with Crippen LogP contribution in [0.3, 0.4) is 0 Å². The third-order valence-electron chi connectivity index (χ3n) is 3.28. The van der Waals surface area contributed by atoms with Crippen LogP contribution in [-0.4, -0.2) is 36.3 Å². The van der Waals surface area contributed by atoms with E-state index in [-0.39, 0.29) is 11.4 Å². The monoisotopic (exact) mass is 283 g/mol. The first-order valence-corrected chi connectivity index (χ1v) is 6.46. The smallest absolute Gasteiger partial charge is 0.172 e. The molecule has 0 aromatic heterocycles. The van der Waals surface area contributed by atoms with E-state index in [0.29, 0.717) is 23.8 Å². The fourth-order valence-corrected chi connectivity index (χ4v) is 2.48. The zero-order valence-electron chi connectivity index (χ0n) is 11.1. The number of oxime groups is 1. The molecule has 2 rings (SSSR count). The van der Waals surface area contributed by atoms with E-state index >= 15 is 0 Å². The Kier molecular flexibility index (Phi) is 3.87. The molecule has 0 unspecified atom stereocenters. The number of morpholine rings is 1. The molecule has 0 radical (unpaired) electrons. The molecule has 0 bridgehead atoms. The second kappa shape index (κ2) is 5.27. The minimum absolute atomic E-state index is 0.0554. The van der Waals surface area contributed by atoms with Crippen molar-refractivity contribution in [1.29, 1.82) is 0 Å². The van der Waals surface area contributed by atoms with E-state index in [1.165, 1.54) is 0 Å². The van der Waals surface area contributed by atoms with Gasteiger partial charge in [0.15, 0.2) is 5.84 Å². The third-order valence-corrected chi connectivity index (χ3v) is 3.51. The maximum Gasteiger partial charge on any atom is 0.172 e. The molecule has 5 nitrogen and oxygen atoms in total. The molecule has 3 N–H and O–H groups in total. The van der Waals surface area contributed by atoms with Crippen LogP contribution < -0.4 is 10.6 Å². The molecule has 0 atom stereocenters. The zero-order chi connectivity index (χ0) is 14.0. The first-order chi connectivity index (χ1) is 8.95. The van der Waals surface area contributed by atoms with Gasteiger partial charge in [0.25, 0.3) is 0 Å². The Balaban J connectivity index is 2.49. The van der Waals surface area contributed by atoms with Crippen molar-refractivity contribution in [1.82, 2.24) is 0 Å². The number of nitrogens with zero attached hydrogens (tertiary/aromatic N) is 2. The van der Waals surface area contributed by atoms with Crippen LogP contribution >= 0.6 is 11.6 Å². The van der Waals surface area contributed by atoms with Gasteiger partial charge in [0.05, 0.1) is 18.8 Å². The average Bonchev–Trinajstić information content (AvgIpc) is 2.38. The molecule has 1 saturated heterocycles. The Hall–Kier alpha value is -1.46. The molecule has 0 aliphatic carbocycles. The van der Waals surface area contributed by atoms with Crippen LogP contribution in [-0.2, 0) is 4.74 Å². The lowest BCUT2D eigenvalue weighted by Crippen LogP contribution is -2.53. The molecule has 1 aromatic rings. The highest BCUT2D eigenvalue weighted by atomic mass is 35.5. The van der Waals surface area contributed by atoms with Crippen LogP contribution in [0.2, 0.25) is 5.02 Å².